The topological polar surface area (TPSA) is 72.2 Å². The first kappa shape index (κ1) is 15.7. The third kappa shape index (κ3) is 3.71. The molecule has 0 aliphatic rings. The van der Waals surface area contributed by atoms with Gasteiger partial charge in [-0.1, -0.05) is 17.7 Å². The predicted molar refractivity (Wildman–Crippen MR) is 80.8 cm³/mol. The van der Waals surface area contributed by atoms with Crippen molar-refractivity contribution in [2.75, 3.05) is 6.54 Å². The summed E-state index contributed by atoms with van der Waals surface area (Å²) in [6, 6.07) is 3.75. The number of hydrogen-bond donors (Lipinski definition) is 1. The largest absolute Gasteiger partial charge is 0.446 e. The number of hydrogen-bond acceptors (Lipinski definition) is 4. The second kappa shape index (κ2) is 5.99. The summed E-state index contributed by atoms with van der Waals surface area (Å²) in [5.41, 5.74) is 2.57. The summed E-state index contributed by atoms with van der Waals surface area (Å²) >= 11 is 0. The predicted octanol–water partition coefficient (Wildman–Crippen LogP) is 2.43. The van der Waals surface area contributed by atoms with Gasteiger partial charge in [-0.3, -0.25) is 0 Å². The molecule has 0 aliphatic carbocycles. The van der Waals surface area contributed by atoms with Crippen molar-refractivity contribution in [3.8, 4) is 0 Å². The highest BCUT2D eigenvalue weighted by Gasteiger charge is 2.19. The molecule has 0 unspecified atom stereocenters. The maximum Gasteiger partial charge on any atom is 0.241 e. The summed E-state index contributed by atoms with van der Waals surface area (Å²) in [6.45, 7) is 7.64. The molecule has 0 fully saturated rings. The molecule has 0 amide bonds. The van der Waals surface area contributed by atoms with E-state index in [4.69, 9.17) is 4.42 Å². The van der Waals surface area contributed by atoms with Crippen LogP contribution in [0.25, 0.3) is 0 Å². The molecule has 1 heterocycles. The number of benzene rings is 1. The molecule has 5 nitrogen and oxygen atoms in total. The fourth-order valence-corrected chi connectivity index (χ4v) is 3.95. The first-order chi connectivity index (χ1) is 9.79. The lowest BCUT2D eigenvalue weighted by molar-refractivity contribution is 0.469. The summed E-state index contributed by atoms with van der Waals surface area (Å²) in [5, 5.41) is 0. The molecule has 0 saturated heterocycles. The highest BCUT2D eigenvalue weighted by molar-refractivity contribution is 7.89. The fourth-order valence-electron chi connectivity index (χ4n) is 2.47. The van der Waals surface area contributed by atoms with Gasteiger partial charge in [-0.2, -0.15) is 0 Å². The second-order valence-corrected chi connectivity index (χ2v) is 6.94. The molecule has 0 saturated carbocycles. The van der Waals surface area contributed by atoms with Gasteiger partial charge < -0.3 is 4.42 Å². The second-order valence-electron chi connectivity index (χ2n) is 5.24. The van der Waals surface area contributed by atoms with Crippen LogP contribution in [0.5, 0.6) is 0 Å². The van der Waals surface area contributed by atoms with Gasteiger partial charge in [-0.15, -0.1) is 0 Å². The summed E-state index contributed by atoms with van der Waals surface area (Å²) in [4.78, 5) is 4.41. The molecule has 6 heteroatoms. The third-order valence-corrected chi connectivity index (χ3v) is 4.94. The number of nitrogens with zero attached hydrogens (tertiary/aromatic N) is 1. The maximum atomic E-state index is 12.4. The summed E-state index contributed by atoms with van der Waals surface area (Å²) in [5.74, 6) is 1.26. The van der Waals surface area contributed by atoms with Crippen molar-refractivity contribution in [3.05, 3.63) is 46.7 Å². The normalized spacial score (nSPS) is 11.8. The molecule has 21 heavy (non-hydrogen) atoms. The van der Waals surface area contributed by atoms with Gasteiger partial charge in [0.25, 0.3) is 0 Å². The Hall–Kier alpha value is -1.66. The number of aryl methyl sites for hydroxylation is 4. The molecule has 0 aliphatic heterocycles. The lowest BCUT2D eigenvalue weighted by Gasteiger charge is -2.12. The molecule has 0 radical (unpaired) electrons. The highest BCUT2D eigenvalue weighted by Crippen LogP contribution is 2.21. The van der Waals surface area contributed by atoms with Crippen molar-refractivity contribution in [3.63, 3.8) is 0 Å². The van der Waals surface area contributed by atoms with Crippen molar-refractivity contribution >= 4 is 10.0 Å². The number of oxazole rings is 1. The van der Waals surface area contributed by atoms with Gasteiger partial charge in [0.15, 0.2) is 5.89 Å². The summed E-state index contributed by atoms with van der Waals surface area (Å²) < 4.78 is 32.8. The molecule has 114 valence electrons. The van der Waals surface area contributed by atoms with E-state index >= 15 is 0 Å². The van der Waals surface area contributed by atoms with Gasteiger partial charge >= 0.3 is 0 Å². The van der Waals surface area contributed by atoms with E-state index in [0.717, 1.165) is 22.5 Å². The minimum atomic E-state index is -3.52. The standard InChI is InChI=1S/C15H20N2O3S/c1-10-7-11(2)15(12(3)8-10)21(18,19)17-6-5-14-16-9-13(4)20-14/h7-9,17H,5-6H2,1-4H3. The molecular formula is C15H20N2O3S. The van der Waals surface area contributed by atoms with Crippen LogP contribution in [0.1, 0.15) is 28.3 Å². The van der Waals surface area contributed by atoms with Crippen LogP contribution < -0.4 is 4.72 Å². The average molecular weight is 308 g/mol. The smallest absolute Gasteiger partial charge is 0.241 e. The fraction of sp³-hybridized carbons (Fsp3) is 0.400. The molecule has 1 aromatic heterocycles. The van der Waals surface area contributed by atoms with Crippen molar-refractivity contribution in [2.45, 2.75) is 39.0 Å². The van der Waals surface area contributed by atoms with Crippen LogP contribution in [0.2, 0.25) is 0 Å². The Morgan fingerprint density at radius 1 is 1.14 bits per heavy atom. The van der Waals surface area contributed by atoms with E-state index in [1.165, 1.54) is 0 Å². The SMILES string of the molecule is Cc1cc(C)c(S(=O)(=O)NCCc2ncc(C)o2)c(C)c1. The first-order valence-electron chi connectivity index (χ1n) is 6.78. The third-order valence-electron chi connectivity index (χ3n) is 3.17. The van der Waals surface area contributed by atoms with E-state index in [0.29, 0.717) is 17.2 Å². The van der Waals surface area contributed by atoms with Crippen LogP contribution in [0.15, 0.2) is 27.6 Å². The summed E-state index contributed by atoms with van der Waals surface area (Å²) in [6.07, 6.45) is 2.05. The molecule has 0 bridgehead atoms. The van der Waals surface area contributed by atoms with E-state index in [9.17, 15) is 8.42 Å². The Balaban J connectivity index is 2.12. The van der Waals surface area contributed by atoms with Crippen molar-refractivity contribution in [1.82, 2.24) is 9.71 Å². The van der Waals surface area contributed by atoms with Crippen LogP contribution in [0, 0.1) is 27.7 Å². The van der Waals surface area contributed by atoms with Gasteiger partial charge in [0.2, 0.25) is 10.0 Å². The van der Waals surface area contributed by atoms with Crippen LogP contribution >= 0.6 is 0 Å². The molecule has 1 aromatic carbocycles. The minimum Gasteiger partial charge on any atom is -0.446 e. The maximum absolute atomic E-state index is 12.4. The highest BCUT2D eigenvalue weighted by atomic mass is 32.2. The number of sulfonamides is 1. The van der Waals surface area contributed by atoms with Crippen LogP contribution in [0.3, 0.4) is 0 Å². The van der Waals surface area contributed by atoms with Gasteiger partial charge in [0.05, 0.1) is 11.1 Å². The van der Waals surface area contributed by atoms with Crippen LogP contribution in [-0.2, 0) is 16.4 Å². The number of nitrogens with one attached hydrogen (secondary N) is 1. The van der Waals surface area contributed by atoms with Crippen molar-refractivity contribution in [1.29, 1.82) is 0 Å². The Bertz CT molecular complexity index is 725. The van der Waals surface area contributed by atoms with Crippen molar-refractivity contribution < 1.29 is 12.8 Å². The van der Waals surface area contributed by atoms with Gasteiger partial charge in [0, 0.05) is 13.0 Å². The zero-order valence-corrected chi connectivity index (χ0v) is 13.5. The molecule has 2 rings (SSSR count). The monoisotopic (exact) mass is 308 g/mol. The molecule has 0 spiro atoms. The average Bonchev–Trinajstić information content (AvgIpc) is 2.72. The Kier molecular flexibility index (Phi) is 4.49. The quantitative estimate of drug-likeness (QED) is 0.921. The molecule has 0 atom stereocenters. The zero-order valence-electron chi connectivity index (χ0n) is 12.7. The Morgan fingerprint density at radius 2 is 1.76 bits per heavy atom. The Labute approximate surface area is 125 Å². The van der Waals surface area contributed by atoms with E-state index in [2.05, 4.69) is 9.71 Å². The lowest BCUT2D eigenvalue weighted by Crippen LogP contribution is -2.27. The Morgan fingerprint density at radius 3 is 2.29 bits per heavy atom. The van der Waals surface area contributed by atoms with Crippen molar-refractivity contribution in [2.24, 2.45) is 0 Å². The van der Waals surface area contributed by atoms with Gasteiger partial charge in [-0.05, 0) is 38.8 Å². The van der Waals surface area contributed by atoms with Crippen LogP contribution in [-0.4, -0.2) is 19.9 Å². The van der Waals surface area contributed by atoms with E-state index in [1.807, 2.05) is 32.9 Å². The minimum absolute atomic E-state index is 0.259. The molecule has 1 N–H and O–H groups in total. The summed E-state index contributed by atoms with van der Waals surface area (Å²) in [7, 11) is -3.52. The van der Waals surface area contributed by atoms with E-state index in [1.54, 1.807) is 13.1 Å². The van der Waals surface area contributed by atoms with E-state index in [-0.39, 0.29) is 6.54 Å². The van der Waals surface area contributed by atoms with E-state index < -0.39 is 10.0 Å². The lowest BCUT2D eigenvalue weighted by atomic mass is 10.1. The first-order valence-corrected chi connectivity index (χ1v) is 8.27. The molecule has 2 aromatic rings. The van der Waals surface area contributed by atoms with Gasteiger partial charge in [0.1, 0.15) is 5.76 Å². The zero-order chi connectivity index (χ0) is 15.6. The number of rotatable bonds is 5. The number of aromatic nitrogens is 1. The van der Waals surface area contributed by atoms with Gasteiger partial charge in [-0.25, -0.2) is 18.1 Å². The van der Waals surface area contributed by atoms with Crippen LogP contribution in [0.4, 0.5) is 0 Å². The molecular weight excluding hydrogens is 288 g/mol.